The van der Waals surface area contributed by atoms with E-state index < -0.39 is 0 Å². The van der Waals surface area contributed by atoms with E-state index in [2.05, 4.69) is 10.1 Å². The van der Waals surface area contributed by atoms with E-state index in [1.54, 1.807) is 36.0 Å². The molecule has 2 aromatic rings. The van der Waals surface area contributed by atoms with Crippen LogP contribution in [0.3, 0.4) is 0 Å². The zero-order valence-electron chi connectivity index (χ0n) is 8.92. The van der Waals surface area contributed by atoms with Crippen LogP contribution in [0.25, 0.3) is 0 Å². The molecule has 0 unspecified atom stereocenters. The highest BCUT2D eigenvalue weighted by Crippen LogP contribution is 2.08. The van der Waals surface area contributed by atoms with Gasteiger partial charge in [0.2, 0.25) is 0 Å². The molecule has 0 radical (unpaired) electrons. The van der Waals surface area contributed by atoms with E-state index >= 15 is 0 Å². The number of carbonyl (C=O) groups excluding carboxylic acids is 1. The fraction of sp³-hybridized carbons (Fsp3) is 0.182. The van der Waals surface area contributed by atoms with E-state index in [9.17, 15) is 4.79 Å². The lowest BCUT2D eigenvalue weighted by Crippen LogP contribution is -2.09. The summed E-state index contributed by atoms with van der Waals surface area (Å²) in [5.41, 5.74) is 6.83. The summed E-state index contributed by atoms with van der Waals surface area (Å²) >= 11 is 0. The normalized spacial score (nSPS) is 10.3. The van der Waals surface area contributed by atoms with Gasteiger partial charge >= 0.3 is 0 Å². The van der Waals surface area contributed by atoms with Crippen LogP contribution in [0.1, 0.15) is 16.2 Å². The van der Waals surface area contributed by atoms with Gasteiger partial charge in [0.1, 0.15) is 12.2 Å². The van der Waals surface area contributed by atoms with Crippen LogP contribution in [0.15, 0.2) is 30.6 Å². The third-order valence-corrected chi connectivity index (χ3v) is 2.36. The summed E-state index contributed by atoms with van der Waals surface area (Å²) < 4.78 is 1.59. The fourth-order valence-electron chi connectivity index (χ4n) is 1.39. The number of hydrogen-bond acceptors (Lipinski definition) is 4. The van der Waals surface area contributed by atoms with E-state index in [4.69, 9.17) is 5.73 Å². The number of hydrogen-bond donors (Lipinski definition) is 1. The van der Waals surface area contributed by atoms with Crippen LogP contribution in [0, 0.1) is 0 Å². The van der Waals surface area contributed by atoms with Gasteiger partial charge in [-0.3, -0.25) is 9.48 Å². The van der Waals surface area contributed by atoms with Crippen molar-refractivity contribution in [3.8, 4) is 0 Å². The second-order valence-electron chi connectivity index (χ2n) is 3.52. The molecule has 16 heavy (non-hydrogen) atoms. The minimum absolute atomic E-state index is 0.0103. The van der Waals surface area contributed by atoms with Gasteiger partial charge in [-0.1, -0.05) is 0 Å². The van der Waals surface area contributed by atoms with Crippen LogP contribution in [0.2, 0.25) is 0 Å². The fourth-order valence-corrected chi connectivity index (χ4v) is 1.39. The zero-order valence-corrected chi connectivity index (χ0v) is 8.92. The van der Waals surface area contributed by atoms with Gasteiger partial charge in [-0.05, 0) is 24.3 Å². The Morgan fingerprint density at radius 2 is 2.06 bits per heavy atom. The summed E-state index contributed by atoms with van der Waals surface area (Å²) in [4.78, 5) is 15.9. The van der Waals surface area contributed by atoms with Gasteiger partial charge in [0, 0.05) is 18.3 Å². The van der Waals surface area contributed by atoms with Crippen molar-refractivity contribution in [2.75, 3.05) is 5.73 Å². The van der Waals surface area contributed by atoms with Crippen molar-refractivity contribution in [1.29, 1.82) is 0 Å². The van der Waals surface area contributed by atoms with Gasteiger partial charge in [-0.25, -0.2) is 4.98 Å². The number of nitrogens with two attached hydrogens (primary N) is 1. The molecule has 0 saturated heterocycles. The largest absolute Gasteiger partial charge is 0.399 e. The van der Waals surface area contributed by atoms with E-state index in [-0.39, 0.29) is 12.2 Å². The van der Waals surface area contributed by atoms with Gasteiger partial charge in [0.15, 0.2) is 5.78 Å². The molecule has 5 heteroatoms. The highest BCUT2D eigenvalue weighted by atomic mass is 16.1. The number of nitrogens with zero attached hydrogens (tertiary/aromatic N) is 3. The first kappa shape index (κ1) is 10.4. The van der Waals surface area contributed by atoms with Crippen LogP contribution in [-0.2, 0) is 13.5 Å². The van der Waals surface area contributed by atoms with Gasteiger partial charge in [0.05, 0.1) is 6.42 Å². The molecule has 0 aliphatic rings. The molecule has 2 N–H and O–H groups in total. The van der Waals surface area contributed by atoms with Crippen LogP contribution in [-0.4, -0.2) is 20.5 Å². The van der Waals surface area contributed by atoms with Crippen LogP contribution in [0.5, 0.6) is 0 Å². The number of ketones is 1. The average Bonchev–Trinajstić information content (AvgIpc) is 2.65. The van der Waals surface area contributed by atoms with Crippen molar-refractivity contribution < 1.29 is 4.79 Å². The van der Waals surface area contributed by atoms with E-state index in [0.717, 1.165) is 0 Å². The monoisotopic (exact) mass is 216 g/mol. The number of anilines is 1. The number of aryl methyl sites for hydroxylation is 1. The Morgan fingerprint density at radius 1 is 1.38 bits per heavy atom. The molecule has 5 nitrogen and oxygen atoms in total. The Kier molecular flexibility index (Phi) is 2.68. The summed E-state index contributed by atoms with van der Waals surface area (Å²) in [5, 5.41) is 3.91. The van der Waals surface area contributed by atoms with E-state index in [1.165, 1.54) is 6.33 Å². The summed E-state index contributed by atoms with van der Waals surface area (Å²) in [7, 11) is 1.76. The van der Waals surface area contributed by atoms with Crippen molar-refractivity contribution in [2.24, 2.45) is 7.05 Å². The molecule has 0 aliphatic heterocycles. The van der Waals surface area contributed by atoms with Crippen LogP contribution in [0.4, 0.5) is 5.69 Å². The zero-order chi connectivity index (χ0) is 11.5. The number of Topliss-reactive ketones (excluding diaryl/α,β-unsaturated/α-hetero) is 1. The molecule has 0 aliphatic carbocycles. The van der Waals surface area contributed by atoms with Crippen molar-refractivity contribution in [2.45, 2.75) is 6.42 Å². The maximum Gasteiger partial charge on any atom is 0.170 e. The predicted molar refractivity (Wildman–Crippen MR) is 59.9 cm³/mol. The first-order valence-corrected chi connectivity index (χ1v) is 4.88. The average molecular weight is 216 g/mol. The SMILES string of the molecule is Cn1ncnc1CC(=O)c1ccc(N)cc1. The molecule has 82 valence electrons. The number of carbonyl (C=O) groups is 1. The minimum atomic E-state index is 0.0103. The standard InChI is InChI=1S/C11H12N4O/c1-15-11(13-7-14-15)6-10(16)8-2-4-9(12)5-3-8/h2-5,7H,6,12H2,1H3. The number of benzene rings is 1. The second kappa shape index (κ2) is 4.14. The van der Waals surface area contributed by atoms with Gasteiger partial charge < -0.3 is 5.73 Å². The quantitative estimate of drug-likeness (QED) is 0.609. The molecule has 1 aromatic heterocycles. The summed E-state index contributed by atoms with van der Waals surface area (Å²) in [6, 6.07) is 6.86. The minimum Gasteiger partial charge on any atom is -0.399 e. The lowest BCUT2D eigenvalue weighted by atomic mass is 10.1. The number of nitrogen functional groups attached to an aromatic ring is 1. The van der Waals surface area contributed by atoms with Crippen molar-refractivity contribution in [1.82, 2.24) is 14.8 Å². The molecular formula is C11H12N4O. The molecule has 0 spiro atoms. The number of rotatable bonds is 3. The molecule has 2 rings (SSSR count). The lowest BCUT2D eigenvalue weighted by Gasteiger charge is -2.01. The van der Waals surface area contributed by atoms with E-state index in [1.807, 2.05) is 0 Å². The maximum atomic E-state index is 11.9. The maximum absolute atomic E-state index is 11.9. The molecule has 0 amide bonds. The highest BCUT2D eigenvalue weighted by Gasteiger charge is 2.10. The third kappa shape index (κ3) is 2.08. The summed E-state index contributed by atoms with van der Waals surface area (Å²) in [6.45, 7) is 0. The van der Waals surface area contributed by atoms with Crippen molar-refractivity contribution in [3.63, 3.8) is 0 Å². The Balaban J connectivity index is 2.15. The Hall–Kier alpha value is -2.17. The molecular weight excluding hydrogens is 204 g/mol. The number of aromatic nitrogens is 3. The summed E-state index contributed by atoms with van der Waals surface area (Å²) in [6.07, 6.45) is 1.69. The predicted octanol–water partition coefficient (Wildman–Crippen LogP) is 0.823. The second-order valence-corrected chi connectivity index (χ2v) is 3.52. The first-order valence-electron chi connectivity index (χ1n) is 4.88. The lowest BCUT2D eigenvalue weighted by molar-refractivity contribution is 0.0989. The summed E-state index contributed by atoms with van der Waals surface area (Å²) in [5.74, 6) is 0.665. The third-order valence-electron chi connectivity index (χ3n) is 2.36. The molecule has 1 heterocycles. The van der Waals surface area contributed by atoms with Crippen molar-refractivity contribution in [3.05, 3.63) is 42.0 Å². The first-order chi connectivity index (χ1) is 7.66. The van der Waals surface area contributed by atoms with Gasteiger partial charge in [-0.2, -0.15) is 5.10 Å². The van der Waals surface area contributed by atoms with Crippen molar-refractivity contribution >= 4 is 11.5 Å². The molecule has 1 aromatic carbocycles. The van der Waals surface area contributed by atoms with E-state index in [0.29, 0.717) is 17.1 Å². The topological polar surface area (TPSA) is 73.8 Å². The Bertz CT molecular complexity index is 501. The molecule has 0 fully saturated rings. The molecule has 0 bridgehead atoms. The smallest absolute Gasteiger partial charge is 0.170 e. The Morgan fingerprint density at radius 3 is 2.62 bits per heavy atom. The molecule has 0 atom stereocenters. The molecule has 0 saturated carbocycles. The van der Waals surface area contributed by atoms with Gasteiger partial charge in [0.25, 0.3) is 0 Å². The van der Waals surface area contributed by atoms with Crippen LogP contribution < -0.4 is 5.73 Å². The van der Waals surface area contributed by atoms with Crippen LogP contribution >= 0.6 is 0 Å². The highest BCUT2D eigenvalue weighted by molar-refractivity contribution is 5.97. The Labute approximate surface area is 92.9 Å². The van der Waals surface area contributed by atoms with Gasteiger partial charge in [-0.15, -0.1) is 0 Å².